The van der Waals surface area contributed by atoms with Crippen LogP contribution in [0, 0.1) is 0 Å². The van der Waals surface area contributed by atoms with Crippen LogP contribution in [0.15, 0.2) is 176 Å². The Kier molecular flexibility index (Phi) is 6.28. The van der Waals surface area contributed by atoms with Crippen LogP contribution in [0.25, 0.3) is 50.0 Å². The molecule has 11 rings (SSSR count). The molecule has 9 aromatic rings. The molecule has 2 aliphatic rings. The lowest BCUT2D eigenvalue weighted by molar-refractivity contribution is 0.487. The van der Waals surface area contributed by atoms with Crippen LogP contribution >= 0.6 is 0 Å². The summed E-state index contributed by atoms with van der Waals surface area (Å²) >= 11 is 0. The first-order chi connectivity index (χ1) is 25.8. The topological polar surface area (TPSA) is 43.2 Å². The average molecular weight is 665 g/mol. The zero-order chi connectivity index (χ0) is 34.2. The van der Waals surface area contributed by atoms with Crippen molar-refractivity contribution in [2.45, 2.75) is 0 Å². The molecular formula is C46H29BN4O. The first kappa shape index (κ1) is 28.9. The molecule has 0 fully saturated rings. The minimum atomic E-state index is -0.0697. The van der Waals surface area contributed by atoms with Gasteiger partial charge in [0.15, 0.2) is 0 Å². The number of ether oxygens (including phenoxy) is 1. The van der Waals surface area contributed by atoms with Crippen molar-refractivity contribution < 1.29 is 4.74 Å². The van der Waals surface area contributed by atoms with Gasteiger partial charge >= 0.3 is 0 Å². The first-order valence-electron chi connectivity index (χ1n) is 17.6. The van der Waals surface area contributed by atoms with E-state index in [4.69, 9.17) is 14.7 Å². The van der Waals surface area contributed by atoms with Crippen LogP contribution in [0.4, 0.5) is 17.1 Å². The molecule has 0 aliphatic carbocycles. The number of anilines is 3. The monoisotopic (exact) mass is 664 g/mol. The van der Waals surface area contributed by atoms with Crippen LogP contribution in [-0.4, -0.2) is 21.2 Å². The Hall–Kier alpha value is -6.92. The van der Waals surface area contributed by atoms with Gasteiger partial charge in [-0.15, -0.1) is 0 Å². The van der Waals surface area contributed by atoms with Crippen LogP contribution in [-0.2, 0) is 0 Å². The van der Waals surface area contributed by atoms with Crippen LogP contribution < -0.4 is 26.0 Å². The average Bonchev–Trinajstić information content (AvgIpc) is 3.56. The van der Waals surface area contributed by atoms with Crippen molar-refractivity contribution in [1.29, 1.82) is 0 Å². The van der Waals surface area contributed by atoms with E-state index in [1.54, 1.807) is 0 Å². The summed E-state index contributed by atoms with van der Waals surface area (Å²) in [6.07, 6.45) is 3.70. The van der Waals surface area contributed by atoms with Gasteiger partial charge in [-0.25, -0.2) is 0 Å². The highest BCUT2D eigenvalue weighted by molar-refractivity contribution is 6.97. The van der Waals surface area contributed by atoms with Crippen LogP contribution in [0.1, 0.15) is 0 Å². The lowest BCUT2D eigenvalue weighted by Gasteiger charge is -2.34. The quantitative estimate of drug-likeness (QED) is 0.176. The molecule has 52 heavy (non-hydrogen) atoms. The van der Waals surface area contributed by atoms with Gasteiger partial charge in [-0.3, -0.25) is 9.97 Å². The Morgan fingerprint density at radius 2 is 1.13 bits per heavy atom. The number of rotatable bonds is 4. The van der Waals surface area contributed by atoms with Crippen molar-refractivity contribution in [3.63, 3.8) is 0 Å². The van der Waals surface area contributed by atoms with Crippen molar-refractivity contribution >= 4 is 62.0 Å². The standard InChI is InChI=1S/C46H29BN4O/c1-3-17-40-34(12-1)35-13-11-20-43-46(35)51(40)42-19-5-4-18-41(42)50(43)33-22-23-37-45(29-33)52-44-21-6-2-14-36(44)47(37)32-27-30(38-15-7-9-24-48-38)26-31(28-32)39-16-8-10-25-49-39/h1-29H. The predicted octanol–water partition coefficient (Wildman–Crippen LogP) is 9.31. The minimum absolute atomic E-state index is 0.0697. The second-order valence-corrected chi connectivity index (χ2v) is 13.4. The third-order valence-electron chi connectivity index (χ3n) is 10.5. The molecule has 5 heterocycles. The molecule has 0 radical (unpaired) electrons. The molecule has 6 heteroatoms. The predicted molar refractivity (Wildman–Crippen MR) is 213 cm³/mol. The maximum absolute atomic E-state index is 6.81. The second kappa shape index (κ2) is 11.3. The van der Waals surface area contributed by atoms with Gasteiger partial charge in [0.2, 0.25) is 0 Å². The lowest BCUT2D eigenvalue weighted by atomic mass is 9.35. The number of aromatic nitrogens is 3. The van der Waals surface area contributed by atoms with Crippen molar-refractivity contribution in [3.8, 4) is 39.7 Å². The van der Waals surface area contributed by atoms with Gasteiger partial charge in [0.1, 0.15) is 11.5 Å². The Morgan fingerprint density at radius 3 is 1.92 bits per heavy atom. The number of fused-ring (bicyclic) bond motifs is 7. The Balaban J connectivity index is 1.12. The summed E-state index contributed by atoms with van der Waals surface area (Å²) in [5.41, 5.74) is 14.2. The van der Waals surface area contributed by atoms with Gasteiger partial charge in [-0.1, -0.05) is 96.5 Å². The highest BCUT2D eigenvalue weighted by atomic mass is 16.5. The molecule has 0 saturated heterocycles. The van der Waals surface area contributed by atoms with E-state index in [1.807, 2.05) is 36.7 Å². The number of hydrogen-bond acceptors (Lipinski definition) is 4. The summed E-state index contributed by atoms with van der Waals surface area (Å²) in [4.78, 5) is 11.9. The van der Waals surface area contributed by atoms with Gasteiger partial charge in [0, 0.05) is 46.0 Å². The molecule has 0 bridgehead atoms. The van der Waals surface area contributed by atoms with Crippen LogP contribution in [0.2, 0.25) is 0 Å². The molecule has 0 unspecified atom stereocenters. The number of benzene rings is 6. The number of para-hydroxylation sites is 5. The Bertz CT molecular complexity index is 2790. The fourth-order valence-corrected chi connectivity index (χ4v) is 8.31. The number of pyridine rings is 2. The van der Waals surface area contributed by atoms with Crippen molar-refractivity contribution in [2.75, 3.05) is 4.90 Å². The largest absolute Gasteiger partial charge is 0.458 e. The molecule has 0 N–H and O–H groups in total. The molecule has 3 aromatic heterocycles. The van der Waals surface area contributed by atoms with Gasteiger partial charge < -0.3 is 14.2 Å². The van der Waals surface area contributed by atoms with E-state index in [0.717, 1.165) is 73.2 Å². The second-order valence-electron chi connectivity index (χ2n) is 13.4. The van der Waals surface area contributed by atoms with E-state index < -0.39 is 0 Å². The van der Waals surface area contributed by atoms with E-state index in [0.29, 0.717) is 0 Å². The van der Waals surface area contributed by atoms with Gasteiger partial charge in [0.25, 0.3) is 6.71 Å². The fourth-order valence-electron chi connectivity index (χ4n) is 8.31. The zero-order valence-corrected chi connectivity index (χ0v) is 28.0. The van der Waals surface area contributed by atoms with Gasteiger partial charge in [-0.2, -0.15) is 0 Å². The highest BCUT2D eigenvalue weighted by Gasteiger charge is 2.35. The van der Waals surface area contributed by atoms with Crippen LogP contribution in [0.3, 0.4) is 0 Å². The summed E-state index contributed by atoms with van der Waals surface area (Å²) < 4.78 is 9.23. The molecular weight excluding hydrogens is 635 g/mol. The summed E-state index contributed by atoms with van der Waals surface area (Å²) in [6, 6.07) is 58.0. The number of hydrogen-bond donors (Lipinski definition) is 0. The smallest absolute Gasteiger partial charge is 0.250 e. The normalized spacial score (nSPS) is 12.7. The third kappa shape index (κ3) is 4.31. The number of nitrogens with zero attached hydrogens (tertiary/aromatic N) is 4. The third-order valence-corrected chi connectivity index (χ3v) is 10.5. The Labute approximate surface area is 301 Å². The SMILES string of the molecule is c1ccc(-c2cc(B3c4ccccc4Oc4cc(N5c6ccccc6-n6c7ccccc7c7cccc5c76)ccc43)cc(-c3ccccn3)c2)nc1. The van der Waals surface area contributed by atoms with Crippen LogP contribution in [0.5, 0.6) is 11.5 Å². The van der Waals surface area contributed by atoms with Gasteiger partial charge in [-0.05, 0) is 77.7 Å². The Morgan fingerprint density at radius 1 is 0.481 bits per heavy atom. The van der Waals surface area contributed by atoms with Gasteiger partial charge in [0.05, 0.1) is 39.5 Å². The minimum Gasteiger partial charge on any atom is -0.458 e. The molecule has 5 nitrogen and oxygen atoms in total. The summed E-state index contributed by atoms with van der Waals surface area (Å²) in [6.45, 7) is -0.0697. The van der Waals surface area contributed by atoms with Crippen molar-refractivity contribution in [1.82, 2.24) is 14.5 Å². The van der Waals surface area contributed by atoms with Crippen molar-refractivity contribution in [3.05, 3.63) is 176 Å². The highest BCUT2D eigenvalue weighted by Crippen LogP contribution is 2.49. The molecule has 2 aliphatic heterocycles. The first-order valence-corrected chi connectivity index (χ1v) is 17.6. The van der Waals surface area contributed by atoms with Crippen molar-refractivity contribution in [2.24, 2.45) is 0 Å². The molecule has 242 valence electrons. The summed E-state index contributed by atoms with van der Waals surface area (Å²) in [5, 5.41) is 2.49. The van der Waals surface area contributed by atoms with E-state index in [-0.39, 0.29) is 6.71 Å². The van der Waals surface area contributed by atoms with E-state index >= 15 is 0 Å². The molecule has 0 saturated carbocycles. The van der Waals surface area contributed by atoms with E-state index in [1.165, 1.54) is 21.8 Å². The maximum Gasteiger partial charge on any atom is 0.250 e. The fraction of sp³-hybridized carbons (Fsp3) is 0. The molecule has 0 atom stereocenters. The van der Waals surface area contributed by atoms with E-state index in [9.17, 15) is 0 Å². The zero-order valence-electron chi connectivity index (χ0n) is 28.0. The van der Waals surface area contributed by atoms with E-state index in [2.05, 4.69) is 149 Å². The molecule has 0 amide bonds. The lowest BCUT2D eigenvalue weighted by Crippen LogP contribution is -2.55. The summed E-state index contributed by atoms with van der Waals surface area (Å²) in [7, 11) is 0. The summed E-state index contributed by atoms with van der Waals surface area (Å²) in [5.74, 6) is 1.71. The molecule has 0 spiro atoms. The maximum atomic E-state index is 6.81. The molecule has 6 aromatic carbocycles.